The maximum atomic E-state index is 12.1. The van der Waals surface area contributed by atoms with Crippen LogP contribution in [-0.2, 0) is 9.53 Å². The number of carbonyl (C=O) groups excluding carboxylic acids is 1. The number of methoxy groups -OCH3 is 1. The van der Waals surface area contributed by atoms with Crippen LogP contribution < -0.4 is 15.5 Å². The normalized spacial score (nSPS) is 16.8. The average Bonchev–Trinajstić information content (AvgIpc) is 3.42. The summed E-state index contributed by atoms with van der Waals surface area (Å²) in [6.45, 7) is 8.31. The largest absolute Gasteiger partial charge is 0.375 e. The van der Waals surface area contributed by atoms with Gasteiger partial charge >= 0.3 is 0 Å². The molecule has 1 aliphatic rings. The van der Waals surface area contributed by atoms with Gasteiger partial charge in [0.25, 0.3) is 0 Å². The number of thiocarbonyl (C=S) groups is 1. The van der Waals surface area contributed by atoms with Crippen molar-refractivity contribution in [2.75, 3.05) is 23.9 Å². The maximum absolute atomic E-state index is 12.1. The molecular formula is C31H32ClN5O2S. The zero-order valence-electron chi connectivity index (χ0n) is 23.2. The second-order valence-electron chi connectivity index (χ2n) is 10.1. The van der Waals surface area contributed by atoms with E-state index in [-0.39, 0.29) is 24.6 Å². The summed E-state index contributed by atoms with van der Waals surface area (Å²) in [6, 6.07) is 19.7. The quantitative estimate of drug-likeness (QED) is 0.245. The van der Waals surface area contributed by atoms with Crippen molar-refractivity contribution < 1.29 is 9.53 Å². The molecule has 1 saturated heterocycles. The first-order chi connectivity index (χ1) is 19.2. The molecule has 0 radical (unpaired) electrons. The van der Waals surface area contributed by atoms with Crippen molar-refractivity contribution in [3.05, 3.63) is 106 Å². The maximum Gasteiger partial charge on any atom is 0.250 e. The number of pyridine rings is 1. The van der Waals surface area contributed by atoms with Crippen LogP contribution in [0, 0.1) is 27.7 Å². The fraction of sp³-hybridized carbons (Fsp3) is 0.258. The Morgan fingerprint density at radius 2 is 1.88 bits per heavy atom. The Kier molecular flexibility index (Phi) is 7.94. The van der Waals surface area contributed by atoms with E-state index in [1.807, 2.05) is 61.5 Å². The third-order valence-electron chi connectivity index (χ3n) is 7.34. The Labute approximate surface area is 245 Å². The molecule has 2 aromatic heterocycles. The van der Waals surface area contributed by atoms with Crippen LogP contribution in [0.25, 0.3) is 5.69 Å². The van der Waals surface area contributed by atoms with Crippen molar-refractivity contribution in [3.8, 4) is 5.69 Å². The second kappa shape index (κ2) is 11.4. The monoisotopic (exact) mass is 573 g/mol. The number of aromatic nitrogens is 2. The molecule has 1 fully saturated rings. The molecule has 206 valence electrons. The van der Waals surface area contributed by atoms with E-state index in [0.717, 1.165) is 50.8 Å². The summed E-state index contributed by atoms with van der Waals surface area (Å²) in [4.78, 5) is 19.0. The molecule has 1 amide bonds. The van der Waals surface area contributed by atoms with E-state index < -0.39 is 0 Å². The first-order valence-electron chi connectivity index (χ1n) is 13.0. The molecule has 0 spiro atoms. The smallest absolute Gasteiger partial charge is 0.250 e. The van der Waals surface area contributed by atoms with E-state index in [1.165, 1.54) is 7.11 Å². The zero-order chi connectivity index (χ0) is 28.6. The number of anilines is 2. The molecule has 9 heteroatoms. The minimum absolute atomic E-state index is 0.00311. The molecule has 1 aliphatic heterocycles. The number of benzene rings is 2. The predicted molar refractivity (Wildman–Crippen MR) is 165 cm³/mol. The van der Waals surface area contributed by atoms with Gasteiger partial charge in [-0.3, -0.25) is 9.78 Å². The first-order valence-corrected chi connectivity index (χ1v) is 13.8. The standard InChI is InChI=1S/C31H32ClN5O2S/c1-18-9-10-22(32)16-27(18)36-20(3)15-24(21(36)4)30-29(26-8-6-7-13-33-26)35-31(40)37(30)23-11-12-25(19(2)14-23)34-28(38)17-39-5/h6-16,29-30H,17H2,1-5H3,(H,34,38)(H,35,40)/t29-,30-/m1/s1. The van der Waals surface area contributed by atoms with Crippen LogP contribution in [0.2, 0.25) is 5.02 Å². The molecule has 3 heterocycles. The third kappa shape index (κ3) is 5.22. The molecule has 0 aliphatic carbocycles. The number of carbonyl (C=O) groups is 1. The Balaban J connectivity index is 1.63. The van der Waals surface area contributed by atoms with E-state index in [4.69, 9.17) is 33.5 Å². The molecule has 0 saturated carbocycles. The number of nitrogens with zero attached hydrogens (tertiary/aromatic N) is 3. The van der Waals surface area contributed by atoms with Gasteiger partial charge in [-0.05, 0) is 105 Å². The summed E-state index contributed by atoms with van der Waals surface area (Å²) < 4.78 is 7.21. The van der Waals surface area contributed by atoms with Crippen molar-refractivity contribution >= 4 is 46.2 Å². The van der Waals surface area contributed by atoms with E-state index in [2.05, 4.69) is 46.9 Å². The Morgan fingerprint density at radius 1 is 1.07 bits per heavy atom. The Bertz CT molecular complexity index is 1590. The van der Waals surface area contributed by atoms with E-state index in [1.54, 1.807) is 6.20 Å². The summed E-state index contributed by atoms with van der Waals surface area (Å²) >= 11 is 12.4. The third-order valence-corrected chi connectivity index (χ3v) is 7.89. The van der Waals surface area contributed by atoms with Crippen LogP contribution in [0.4, 0.5) is 11.4 Å². The predicted octanol–water partition coefficient (Wildman–Crippen LogP) is 6.52. The summed E-state index contributed by atoms with van der Waals surface area (Å²) in [5.74, 6) is -0.200. The van der Waals surface area contributed by atoms with Gasteiger partial charge < -0.3 is 24.8 Å². The molecule has 4 aromatic rings. The molecule has 2 N–H and O–H groups in total. The lowest BCUT2D eigenvalue weighted by molar-refractivity contribution is -0.119. The number of hydrogen-bond donors (Lipinski definition) is 2. The first kappa shape index (κ1) is 27.8. The highest BCUT2D eigenvalue weighted by Crippen LogP contribution is 2.44. The molecule has 5 rings (SSSR count). The highest BCUT2D eigenvalue weighted by molar-refractivity contribution is 7.80. The van der Waals surface area contributed by atoms with Gasteiger partial charge in [0.05, 0.1) is 17.8 Å². The zero-order valence-corrected chi connectivity index (χ0v) is 24.7. The van der Waals surface area contributed by atoms with Crippen LogP contribution in [0.3, 0.4) is 0 Å². The minimum Gasteiger partial charge on any atom is -0.375 e. The van der Waals surface area contributed by atoms with Gasteiger partial charge in [0.15, 0.2) is 5.11 Å². The summed E-state index contributed by atoms with van der Waals surface area (Å²) in [6.07, 6.45) is 1.81. The Hall–Kier alpha value is -3.72. The van der Waals surface area contributed by atoms with Gasteiger partial charge in [-0.1, -0.05) is 23.7 Å². The number of ether oxygens (including phenoxy) is 1. The van der Waals surface area contributed by atoms with Crippen LogP contribution in [0.1, 0.15) is 45.9 Å². The molecule has 0 bridgehead atoms. The minimum atomic E-state index is -0.200. The van der Waals surface area contributed by atoms with Gasteiger partial charge in [-0.2, -0.15) is 0 Å². The second-order valence-corrected chi connectivity index (χ2v) is 10.9. The van der Waals surface area contributed by atoms with E-state index in [9.17, 15) is 4.79 Å². The molecule has 2 atom stereocenters. The number of aryl methyl sites for hydroxylation is 3. The fourth-order valence-corrected chi connectivity index (χ4v) is 6.00. The lowest BCUT2D eigenvalue weighted by atomic mass is 9.96. The van der Waals surface area contributed by atoms with Crippen molar-refractivity contribution in [3.63, 3.8) is 0 Å². The highest BCUT2D eigenvalue weighted by Gasteiger charge is 2.42. The van der Waals surface area contributed by atoms with Gasteiger partial charge in [0.2, 0.25) is 5.91 Å². The molecule has 2 aromatic carbocycles. The van der Waals surface area contributed by atoms with Gasteiger partial charge in [0.1, 0.15) is 6.61 Å². The van der Waals surface area contributed by atoms with Gasteiger partial charge in [0, 0.05) is 46.8 Å². The topological polar surface area (TPSA) is 71.4 Å². The Morgan fingerprint density at radius 3 is 2.58 bits per heavy atom. The number of halogens is 1. The number of hydrogen-bond acceptors (Lipinski definition) is 4. The lowest BCUT2D eigenvalue weighted by Crippen LogP contribution is -2.29. The van der Waals surface area contributed by atoms with Gasteiger partial charge in [-0.15, -0.1) is 0 Å². The van der Waals surface area contributed by atoms with Gasteiger partial charge in [-0.25, -0.2) is 0 Å². The number of nitrogens with one attached hydrogen (secondary N) is 2. The number of rotatable bonds is 7. The van der Waals surface area contributed by atoms with E-state index in [0.29, 0.717) is 10.1 Å². The summed E-state index contributed by atoms with van der Waals surface area (Å²) in [5.41, 5.74) is 9.01. The number of amides is 1. The fourth-order valence-electron chi connectivity index (χ4n) is 5.49. The lowest BCUT2D eigenvalue weighted by Gasteiger charge is -2.29. The molecule has 0 unspecified atom stereocenters. The van der Waals surface area contributed by atoms with Crippen molar-refractivity contribution in [1.82, 2.24) is 14.9 Å². The van der Waals surface area contributed by atoms with Crippen LogP contribution in [-0.4, -0.2) is 34.3 Å². The highest BCUT2D eigenvalue weighted by atomic mass is 35.5. The van der Waals surface area contributed by atoms with Crippen LogP contribution in [0.15, 0.2) is 66.9 Å². The molecular weight excluding hydrogens is 542 g/mol. The van der Waals surface area contributed by atoms with Crippen LogP contribution in [0.5, 0.6) is 0 Å². The van der Waals surface area contributed by atoms with E-state index >= 15 is 0 Å². The van der Waals surface area contributed by atoms with Crippen molar-refractivity contribution in [2.45, 2.75) is 39.8 Å². The van der Waals surface area contributed by atoms with Crippen molar-refractivity contribution in [2.24, 2.45) is 0 Å². The van der Waals surface area contributed by atoms with Crippen LogP contribution >= 0.6 is 23.8 Å². The average molecular weight is 574 g/mol. The SMILES string of the molecule is COCC(=O)Nc1ccc(N2C(=S)N[C@H](c3ccccn3)[C@H]2c2cc(C)n(-c3cc(Cl)ccc3C)c2C)cc1C. The summed E-state index contributed by atoms with van der Waals surface area (Å²) in [5, 5.41) is 7.76. The van der Waals surface area contributed by atoms with Crippen molar-refractivity contribution in [1.29, 1.82) is 0 Å². The summed E-state index contributed by atoms with van der Waals surface area (Å²) in [7, 11) is 1.50. The molecule has 7 nitrogen and oxygen atoms in total. The molecule has 40 heavy (non-hydrogen) atoms.